The van der Waals surface area contributed by atoms with Gasteiger partial charge in [0.15, 0.2) is 17.5 Å². The van der Waals surface area contributed by atoms with Crippen LogP contribution in [-0.2, 0) is 41.7 Å². The van der Waals surface area contributed by atoms with Crippen molar-refractivity contribution in [3.8, 4) is 0 Å². The molecule has 0 bridgehead atoms. The number of ether oxygens (including phenoxy) is 1. The van der Waals surface area contributed by atoms with E-state index in [2.05, 4.69) is 15.0 Å². The number of imide groups is 1. The van der Waals surface area contributed by atoms with E-state index in [9.17, 15) is 28.4 Å². The van der Waals surface area contributed by atoms with Crippen LogP contribution in [0.5, 0.6) is 0 Å². The Morgan fingerprint density at radius 1 is 1.02 bits per heavy atom. The molecule has 13 nitrogen and oxygen atoms in total. The normalized spacial score (nSPS) is 19.2. The first-order valence-electron chi connectivity index (χ1n) is 15.3. The van der Waals surface area contributed by atoms with E-state index in [4.69, 9.17) is 14.1 Å². The van der Waals surface area contributed by atoms with Crippen LogP contribution in [-0.4, -0.2) is 68.1 Å². The molecule has 2 saturated heterocycles. The number of hydrogen-bond donors (Lipinski definition) is 0. The van der Waals surface area contributed by atoms with Gasteiger partial charge in [0.2, 0.25) is 0 Å². The molecular weight excluding hydrogens is 589 g/mol. The second-order valence-electron chi connectivity index (χ2n) is 11.7. The van der Waals surface area contributed by atoms with Crippen LogP contribution in [0.2, 0.25) is 0 Å². The lowest BCUT2D eigenvalue weighted by Gasteiger charge is -2.31. The Balaban J connectivity index is 1.02. The minimum Gasteiger partial charge on any atom is -0.454 e. The van der Waals surface area contributed by atoms with Crippen LogP contribution in [0.1, 0.15) is 86.2 Å². The van der Waals surface area contributed by atoms with Crippen LogP contribution in [0.4, 0.5) is 4.39 Å². The van der Waals surface area contributed by atoms with Crippen LogP contribution >= 0.6 is 0 Å². The molecule has 1 unspecified atom stereocenters. The van der Waals surface area contributed by atoms with Crippen molar-refractivity contribution < 1.29 is 37.7 Å². The molecule has 45 heavy (non-hydrogen) atoms. The molecule has 6 rings (SSSR count). The molecule has 1 atom stereocenters. The molecule has 5 heterocycles. The molecule has 238 valence electrons. The summed E-state index contributed by atoms with van der Waals surface area (Å²) in [6.07, 6.45) is 1.94. The quantitative estimate of drug-likeness (QED) is 0.255. The van der Waals surface area contributed by atoms with Gasteiger partial charge in [-0.15, -0.1) is 5.06 Å². The van der Waals surface area contributed by atoms with E-state index in [0.717, 1.165) is 37.0 Å². The Hall–Kier alpha value is -4.46. The highest BCUT2D eigenvalue weighted by atomic mass is 19.1. The summed E-state index contributed by atoms with van der Waals surface area (Å²) in [4.78, 5) is 73.2. The second-order valence-corrected chi connectivity index (χ2v) is 11.7. The lowest BCUT2D eigenvalue weighted by atomic mass is 9.91. The lowest BCUT2D eigenvalue weighted by Crippen LogP contribution is -2.38. The van der Waals surface area contributed by atoms with Gasteiger partial charge in [0.1, 0.15) is 5.82 Å². The van der Waals surface area contributed by atoms with Crippen LogP contribution in [0.15, 0.2) is 27.5 Å². The van der Waals surface area contributed by atoms with E-state index in [0.29, 0.717) is 60.1 Å². The molecule has 0 N–H and O–H groups in total. The molecule has 2 aromatic heterocycles. The third-order valence-electron chi connectivity index (χ3n) is 8.75. The largest absolute Gasteiger partial charge is 0.454 e. The topological polar surface area (TPSA) is 154 Å². The van der Waals surface area contributed by atoms with Gasteiger partial charge in [-0.1, -0.05) is 5.16 Å². The lowest BCUT2D eigenvalue weighted by molar-refractivity contribution is -0.197. The standard InChI is InChI=1S/C31H34FN5O8/c1-18-21(12-16-35-14-10-19(11-15-35)29-22-5-4-20(32)17-24(22)44-34-29)31(42)36-13-2-3-23(30(36)33-18)43-27(40)8-9-28(41)45-37-25(38)6-7-26(37)39/h4-5,17,19,23H,2-3,6-16H2,1H3. The van der Waals surface area contributed by atoms with Crippen LogP contribution in [0.3, 0.4) is 0 Å². The van der Waals surface area contributed by atoms with E-state index < -0.39 is 29.9 Å². The molecule has 2 amide bonds. The number of hydrogen-bond acceptors (Lipinski definition) is 11. The zero-order valence-corrected chi connectivity index (χ0v) is 25.0. The number of rotatable bonds is 9. The summed E-state index contributed by atoms with van der Waals surface area (Å²) >= 11 is 0. The highest BCUT2D eigenvalue weighted by Crippen LogP contribution is 2.33. The Morgan fingerprint density at radius 3 is 2.51 bits per heavy atom. The molecule has 3 aliphatic heterocycles. The molecule has 1 aromatic carbocycles. The first-order chi connectivity index (χ1) is 21.7. The minimum absolute atomic E-state index is 0.0191. The highest BCUT2D eigenvalue weighted by Gasteiger charge is 2.33. The van der Waals surface area contributed by atoms with Crippen LogP contribution in [0, 0.1) is 12.7 Å². The fourth-order valence-electron chi connectivity index (χ4n) is 6.30. The van der Waals surface area contributed by atoms with E-state index >= 15 is 0 Å². The summed E-state index contributed by atoms with van der Waals surface area (Å²) in [5, 5.41) is 5.50. The number of benzene rings is 1. The molecule has 3 aliphatic rings. The summed E-state index contributed by atoms with van der Waals surface area (Å²) in [7, 11) is 0. The van der Waals surface area contributed by atoms with Crippen LogP contribution < -0.4 is 5.56 Å². The number of aromatic nitrogens is 3. The van der Waals surface area contributed by atoms with Crippen LogP contribution in [0.25, 0.3) is 11.0 Å². The average Bonchev–Trinajstić information content (AvgIpc) is 3.58. The number of carbonyl (C=O) groups excluding carboxylic acids is 4. The molecule has 14 heteroatoms. The number of halogens is 1. The van der Waals surface area contributed by atoms with Crippen molar-refractivity contribution >= 4 is 34.7 Å². The molecule has 3 aromatic rings. The van der Waals surface area contributed by atoms with Gasteiger partial charge < -0.3 is 19.0 Å². The minimum atomic E-state index is -0.887. The second kappa shape index (κ2) is 12.9. The number of carbonyl (C=O) groups is 4. The van der Waals surface area contributed by atoms with Gasteiger partial charge in [-0.3, -0.25) is 23.7 Å². The number of fused-ring (bicyclic) bond motifs is 2. The molecule has 0 saturated carbocycles. The zero-order valence-electron chi connectivity index (χ0n) is 25.0. The number of hydroxylamine groups is 2. The zero-order chi connectivity index (χ0) is 31.7. The monoisotopic (exact) mass is 623 g/mol. The van der Waals surface area contributed by atoms with Gasteiger partial charge in [0, 0.05) is 54.6 Å². The number of nitrogens with zero attached hydrogens (tertiary/aromatic N) is 5. The average molecular weight is 624 g/mol. The first-order valence-corrected chi connectivity index (χ1v) is 15.3. The van der Waals surface area contributed by atoms with Gasteiger partial charge in [-0.2, -0.15) is 0 Å². The van der Waals surface area contributed by atoms with Gasteiger partial charge in [-0.25, -0.2) is 14.2 Å². The Labute approximate surface area is 257 Å². The van der Waals surface area contributed by atoms with Gasteiger partial charge in [-0.05, 0) is 64.3 Å². The van der Waals surface area contributed by atoms with Crippen molar-refractivity contribution in [1.29, 1.82) is 0 Å². The predicted octanol–water partition coefficient (Wildman–Crippen LogP) is 3.02. The number of aryl methyl sites for hydroxylation is 1. The molecule has 0 radical (unpaired) electrons. The molecule has 2 fully saturated rings. The Bertz CT molecular complexity index is 1690. The van der Waals surface area contributed by atoms with Crippen molar-refractivity contribution in [3.05, 3.63) is 57.1 Å². The van der Waals surface area contributed by atoms with E-state index in [1.54, 1.807) is 17.6 Å². The SMILES string of the molecule is Cc1nc2n(c(=O)c1CCN1CCC(c3noc4cc(F)ccc34)CC1)CCCC2OC(=O)CCC(=O)ON1C(=O)CCC1=O. The number of piperidine rings is 1. The molecular formula is C31H34FN5O8. The fraction of sp³-hybridized carbons (Fsp3) is 0.516. The Morgan fingerprint density at radius 2 is 1.76 bits per heavy atom. The smallest absolute Gasteiger partial charge is 0.333 e. The summed E-state index contributed by atoms with van der Waals surface area (Å²) in [6, 6.07) is 4.49. The Kier molecular flexibility index (Phi) is 8.74. The predicted molar refractivity (Wildman–Crippen MR) is 154 cm³/mol. The van der Waals surface area contributed by atoms with Crippen molar-refractivity contribution in [1.82, 2.24) is 24.7 Å². The third-order valence-corrected chi connectivity index (χ3v) is 8.75. The van der Waals surface area contributed by atoms with Gasteiger partial charge >= 0.3 is 11.9 Å². The number of esters is 1. The first kappa shape index (κ1) is 30.6. The van der Waals surface area contributed by atoms with E-state index in [1.165, 1.54) is 12.1 Å². The van der Waals surface area contributed by atoms with Crippen molar-refractivity contribution in [3.63, 3.8) is 0 Å². The number of likely N-dealkylation sites (tertiary alicyclic amines) is 1. The summed E-state index contributed by atoms with van der Waals surface area (Å²) in [6.45, 7) is 4.60. The van der Waals surface area contributed by atoms with Crippen molar-refractivity contribution in [2.75, 3.05) is 19.6 Å². The maximum Gasteiger partial charge on any atom is 0.333 e. The van der Waals surface area contributed by atoms with Gasteiger partial charge in [0.05, 0.1) is 18.5 Å². The fourth-order valence-corrected chi connectivity index (χ4v) is 6.30. The van der Waals surface area contributed by atoms with Crippen molar-refractivity contribution in [2.24, 2.45) is 0 Å². The molecule has 0 aliphatic carbocycles. The third kappa shape index (κ3) is 6.51. The maximum atomic E-state index is 13.5. The summed E-state index contributed by atoms with van der Waals surface area (Å²) < 4.78 is 26.1. The summed E-state index contributed by atoms with van der Waals surface area (Å²) in [5.74, 6) is -2.50. The summed E-state index contributed by atoms with van der Waals surface area (Å²) in [5.41, 5.74) is 2.40. The van der Waals surface area contributed by atoms with Gasteiger partial charge in [0.25, 0.3) is 17.4 Å². The maximum absolute atomic E-state index is 13.5. The molecule has 0 spiro atoms. The van der Waals surface area contributed by atoms with E-state index in [1.807, 2.05) is 0 Å². The highest BCUT2D eigenvalue weighted by molar-refractivity contribution is 6.01. The van der Waals surface area contributed by atoms with E-state index in [-0.39, 0.29) is 43.0 Å². The number of amides is 2. The van der Waals surface area contributed by atoms with Crippen molar-refractivity contribution in [2.45, 2.75) is 83.3 Å².